The summed E-state index contributed by atoms with van der Waals surface area (Å²) in [6, 6.07) is 4.02. The predicted molar refractivity (Wildman–Crippen MR) is 67.5 cm³/mol. The molecule has 6 heteroatoms. The van der Waals surface area contributed by atoms with Gasteiger partial charge >= 0.3 is 5.69 Å². The summed E-state index contributed by atoms with van der Waals surface area (Å²) in [7, 11) is 0. The summed E-state index contributed by atoms with van der Waals surface area (Å²) in [6.45, 7) is 2.68. The lowest BCUT2D eigenvalue weighted by atomic mass is 10.2. The molecule has 1 aromatic rings. The van der Waals surface area contributed by atoms with Gasteiger partial charge in [0, 0.05) is 17.1 Å². The van der Waals surface area contributed by atoms with E-state index in [9.17, 15) is 14.5 Å². The van der Waals surface area contributed by atoms with E-state index in [-0.39, 0.29) is 0 Å². The van der Waals surface area contributed by atoms with E-state index in [1.807, 2.05) is 0 Å². The highest BCUT2D eigenvalue weighted by molar-refractivity contribution is 7.99. The Kier molecular flexibility index (Phi) is 5.37. The SMILES string of the molecule is CC(CCN)SCc1ccc([N+](=O)[O-])c(F)c1. The molecule has 0 spiro atoms. The van der Waals surface area contributed by atoms with Crippen LogP contribution in [0.2, 0.25) is 0 Å². The average Bonchev–Trinajstić information content (AvgIpc) is 2.26. The molecular formula is C11H15FN2O2S. The molecule has 0 aliphatic carbocycles. The Bertz CT molecular complexity index is 401. The first-order chi connectivity index (χ1) is 8.04. The van der Waals surface area contributed by atoms with Crippen molar-refractivity contribution in [3.05, 3.63) is 39.7 Å². The van der Waals surface area contributed by atoms with E-state index in [1.165, 1.54) is 12.1 Å². The average molecular weight is 258 g/mol. The fourth-order valence-electron chi connectivity index (χ4n) is 1.34. The molecule has 4 nitrogen and oxygen atoms in total. The highest BCUT2D eigenvalue weighted by Crippen LogP contribution is 2.23. The number of hydrogen-bond acceptors (Lipinski definition) is 4. The Morgan fingerprint density at radius 1 is 1.59 bits per heavy atom. The molecule has 0 saturated carbocycles. The molecule has 1 atom stereocenters. The van der Waals surface area contributed by atoms with Crippen molar-refractivity contribution in [3.8, 4) is 0 Å². The maximum absolute atomic E-state index is 13.3. The van der Waals surface area contributed by atoms with Crippen LogP contribution in [-0.2, 0) is 5.75 Å². The van der Waals surface area contributed by atoms with Crippen LogP contribution in [0.4, 0.5) is 10.1 Å². The van der Waals surface area contributed by atoms with E-state index >= 15 is 0 Å². The number of nitro groups is 1. The molecular weight excluding hydrogens is 243 g/mol. The van der Waals surface area contributed by atoms with Crippen molar-refractivity contribution in [3.63, 3.8) is 0 Å². The number of hydrogen-bond donors (Lipinski definition) is 1. The Balaban J connectivity index is 2.62. The highest BCUT2D eigenvalue weighted by atomic mass is 32.2. The van der Waals surface area contributed by atoms with Crippen LogP contribution in [0, 0.1) is 15.9 Å². The van der Waals surface area contributed by atoms with Gasteiger partial charge in [0.1, 0.15) is 0 Å². The van der Waals surface area contributed by atoms with Crippen LogP contribution >= 0.6 is 11.8 Å². The van der Waals surface area contributed by atoms with Gasteiger partial charge in [-0.2, -0.15) is 16.2 Å². The summed E-state index contributed by atoms with van der Waals surface area (Å²) < 4.78 is 13.3. The third kappa shape index (κ3) is 4.32. The molecule has 0 fully saturated rings. The van der Waals surface area contributed by atoms with Crippen molar-refractivity contribution < 1.29 is 9.31 Å². The molecule has 0 saturated heterocycles. The lowest BCUT2D eigenvalue weighted by Crippen LogP contribution is -2.07. The van der Waals surface area contributed by atoms with Crippen LogP contribution in [0.3, 0.4) is 0 Å². The van der Waals surface area contributed by atoms with Gasteiger partial charge in [0.15, 0.2) is 0 Å². The van der Waals surface area contributed by atoms with E-state index < -0.39 is 16.4 Å². The lowest BCUT2D eigenvalue weighted by molar-refractivity contribution is -0.387. The molecule has 2 N–H and O–H groups in total. The Morgan fingerprint density at radius 2 is 2.29 bits per heavy atom. The van der Waals surface area contributed by atoms with Crippen LogP contribution in [0.25, 0.3) is 0 Å². The number of nitro benzene ring substituents is 1. The molecule has 1 aromatic carbocycles. The van der Waals surface area contributed by atoms with Crippen LogP contribution in [-0.4, -0.2) is 16.7 Å². The number of nitrogens with zero attached hydrogens (tertiary/aromatic N) is 1. The number of benzene rings is 1. The van der Waals surface area contributed by atoms with Crippen LogP contribution in [0.5, 0.6) is 0 Å². The van der Waals surface area contributed by atoms with Gasteiger partial charge in [-0.1, -0.05) is 13.0 Å². The molecule has 0 bridgehead atoms. The molecule has 17 heavy (non-hydrogen) atoms. The molecule has 1 rings (SSSR count). The summed E-state index contributed by atoms with van der Waals surface area (Å²) in [6.07, 6.45) is 0.903. The fourth-order valence-corrected chi connectivity index (χ4v) is 2.30. The Labute approximate surface area is 104 Å². The zero-order valence-corrected chi connectivity index (χ0v) is 10.4. The predicted octanol–water partition coefficient (Wildman–Crippen LogP) is 2.70. The normalized spacial score (nSPS) is 12.4. The second-order valence-corrected chi connectivity index (χ2v) is 5.17. The topological polar surface area (TPSA) is 69.2 Å². The van der Waals surface area contributed by atoms with E-state index in [0.29, 0.717) is 17.5 Å². The van der Waals surface area contributed by atoms with Gasteiger partial charge < -0.3 is 5.73 Å². The first kappa shape index (κ1) is 13.9. The standard InChI is InChI=1S/C11H15FN2O2S/c1-8(4-5-13)17-7-9-2-3-11(14(15)16)10(12)6-9/h2-3,6,8H,4-5,7,13H2,1H3. The van der Waals surface area contributed by atoms with E-state index in [4.69, 9.17) is 5.73 Å². The second-order valence-electron chi connectivity index (χ2n) is 3.74. The molecule has 0 radical (unpaired) electrons. The maximum atomic E-state index is 13.3. The molecule has 0 aliphatic heterocycles. The van der Waals surface area contributed by atoms with Gasteiger partial charge in [0.2, 0.25) is 5.82 Å². The third-order valence-corrected chi connectivity index (χ3v) is 3.62. The zero-order valence-electron chi connectivity index (χ0n) is 9.56. The third-order valence-electron chi connectivity index (χ3n) is 2.32. The Hall–Kier alpha value is -1.14. The van der Waals surface area contributed by atoms with E-state index in [1.54, 1.807) is 17.8 Å². The van der Waals surface area contributed by atoms with Gasteiger partial charge in [0.05, 0.1) is 4.92 Å². The van der Waals surface area contributed by atoms with Gasteiger partial charge in [0.25, 0.3) is 0 Å². The molecule has 0 aliphatic rings. The molecule has 0 aromatic heterocycles. The van der Waals surface area contributed by atoms with Crippen molar-refractivity contribution in [2.75, 3.05) is 6.54 Å². The van der Waals surface area contributed by atoms with Crippen LogP contribution in [0.1, 0.15) is 18.9 Å². The smallest absolute Gasteiger partial charge is 0.304 e. The molecule has 0 heterocycles. The summed E-state index contributed by atoms with van der Waals surface area (Å²) in [5.74, 6) is -0.143. The molecule has 0 amide bonds. The first-order valence-corrected chi connectivity index (χ1v) is 6.34. The fraction of sp³-hybridized carbons (Fsp3) is 0.455. The van der Waals surface area contributed by atoms with Gasteiger partial charge in [-0.15, -0.1) is 0 Å². The van der Waals surface area contributed by atoms with Crippen molar-refractivity contribution in [1.29, 1.82) is 0 Å². The maximum Gasteiger partial charge on any atom is 0.304 e. The van der Waals surface area contributed by atoms with Crippen LogP contribution in [0.15, 0.2) is 18.2 Å². The molecule has 1 unspecified atom stereocenters. The number of thioether (sulfide) groups is 1. The Morgan fingerprint density at radius 3 is 2.82 bits per heavy atom. The van der Waals surface area contributed by atoms with Crippen molar-refractivity contribution >= 4 is 17.4 Å². The van der Waals surface area contributed by atoms with Crippen molar-refractivity contribution in [2.45, 2.75) is 24.3 Å². The zero-order chi connectivity index (χ0) is 12.8. The van der Waals surface area contributed by atoms with Gasteiger partial charge in [-0.3, -0.25) is 10.1 Å². The monoisotopic (exact) mass is 258 g/mol. The summed E-state index contributed by atoms with van der Waals surface area (Å²) in [5.41, 5.74) is 5.70. The van der Waals surface area contributed by atoms with Crippen LogP contribution < -0.4 is 5.73 Å². The molecule has 94 valence electrons. The second kappa shape index (κ2) is 6.56. The lowest BCUT2D eigenvalue weighted by Gasteiger charge is -2.09. The highest BCUT2D eigenvalue weighted by Gasteiger charge is 2.13. The quantitative estimate of drug-likeness (QED) is 0.629. The summed E-state index contributed by atoms with van der Waals surface area (Å²) in [5, 5.41) is 10.8. The summed E-state index contributed by atoms with van der Waals surface area (Å²) >= 11 is 1.66. The van der Waals surface area contributed by atoms with E-state index in [0.717, 1.165) is 12.0 Å². The largest absolute Gasteiger partial charge is 0.330 e. The van der Waals surface area contributed by atoms with Crippen molar-refractivity contribution in [1.82, 2.24) is 0 Å². The number of rotatable bonds is 6. The van der Waals surface area contributed by atoms with Crippen molar-refractivity contribution in [2.24, 2.45) is 5.73 Å². The minimum Gasteiger partial charge on any atom is -0.330 e. The van der Waals surface area contributed by atoms with Gasteiger partial charge in [-0.25, -0.2) is 0 Å². The number of nitrogens with two attached hydrogens (primary N) is 1. The first-order valence-electron chi connectivity index (χ1n) is 5.29. The van der Waals surface area contributed by atoms with E-state index in [2.05, 4.69) is 6.92 Å². The minimum absolute atomic E-state index is 0.401. The minimum atomic E-state index is -0.778. The summed E-state index contributed by atoms with van der Waals surface area (Å²) in [4.78, 5) is 9.71. The number of halogens is 1. The van der Waals surface area contributed by atoms with Gasteiger partial charge in [-0.05, 0) is 24.6 Å².